The van der Waals surface area contributed by atoms with Crippen LogP contribution in [0.2, 0.25) is 0 Å². The minimum Gasteiger partial charge on any atom is -0.311 e. The lowest BCUT2D eigenvalue weighted by Crippen LogP contribution is -2.45. The molecule has 76 valence electrons. The molecule has 0 rings (SSSR count). The summed E-state index contributed by atoms with van der Waals surface area (Å²) in [4.78, 5) is 0. The van der Waals surface area contributed by atoms with Crippen LogP contribution in [0.4, 0.5) is 0 Å². The van der Waals surface area contributed by atoms with E-state index in [1.54, 1.807) is 0 Å². The highest BCUT2D eigenvalue weighted by Gasteiger charge is 2.25. The third-order valence-electron chi connectivity index (χ3n) is 2.65. The fraction of sp³-hybridized carbons (Fsp3) is 0.667. The van der Waals surface area contributed by atoms with E-state index in [0.29, 0.717) is 5.92 Å². The Morgan fingerprint density at radius 2 is 2.08 bits per heavy atom. The van der Waals surface area contributed by atoms with Gasteiger partial charge < -0.3 is 5.32 Å². The Bertz CT molecular complexity index is 189. The zero-order valence-corrected chi connectivity index (χ0v) is 9.65. The van der Waals surface area contributed by atoms with E-state index in [1.807, 2.05) is 13.0 Å². The Balaban J connectivity index is 4.38. The molecule has 0 aliphatic carbocycles. The van der Waals surface area contributed by atoms with Crippen molar-refractivity contribution in [1.29, 1.82) is 0 Å². The minimum atomic E-state index is 0.130. The van der Waals surface area contributed by atoms with E-state index in [9.17, 15) is 0 Å². The second-order valence-corrected chi connectivity index (χ2v) is 4.05. The molecule has 0 aromatic heterocycles. The molecule has 13 heavy (non-hydrogen) atoms. The van der Waals surface area contributed by atoms with E-state index < -0.39 is 0 Å². The quantitative estimate of drug-likeness (QED) is 0.642. The molecule has 0 saturated heterocycles. The van der Waals surface area contributed by atoms with Gasteiger partial charge in [-0.15, -0.1) is 0 Å². The molecule has 0 aromatic carbocycles. The molecule has 1 nitrogen and oxygen atoms in total. The average Bonchev–Trinajstić information content (AvgIpc) is 2.03. The van der Waals surface area contributed by atoms with E-state index in [1.165, 1.54) is 5.57 Å². The highest BCUT2D eigenvalue weighted by molar-refractivity contribution is 5.20. The molecule has 0 aromatic rings. The first-order valence-corrected chi connectivity index (χ1v) is 5.02. The van der Waals surface area contributed by atoms with Crippen molar-refractivity contribution < 1.29 is 0 Å². The van der Waals surface area contributed by atoms with Gasteiger partial charge in [-0.3, -0.25) is 0 Å². The summed E-state index contributed by atoms with van der Waals surface area (Å²) >= 11 is 0. The maximum absolute atomic E-state index is 4.07. The minimum absolute atomic E-state index is 0.130. The normalized spacial score (nSPS) is 14.8. The van der Waals surface area contributed by atoms with Gasteiger partial charge in [0.2, 0.25) is 0 Å². The Hall–Kier alpha value is -0.560. The van der Waals surface area contributed by atoms with Gasteiger partial charge in [-0.2, -0.15) is 0 Å². The van der Waals surface area contributed by atoms with Crippen LogP contribution in [0.15, 0.2) is 24.3 Å². The Morgan fingerprint density at radius 1 is 1.54 bits per heavy atom. The molecular weight excluding hydrogens is 158 g/mol. The van der Waals surface area contributed by atoms with Gasteiger partial charge in [0.1, 0.15) is 0 Å². The maximum Gasteiger partial charge on any atom is 0.0190 e. The molecule has 0 saturated carbocycles. The molecular formula is C12H23N. The fourth-order valence-electron chi connectivity index (χ4n) is 1.43. The molecule has 1 unspecified atom stereocenters. The van der Waals surface area contributed by atoms with E-state index in [2.05, 4.69) is 45.7 Å². The molecule has 0 bridgehead atoms. The lowest BCUT2D eigenvalue weighted by molar-refractivity contribution is 0.313. The smallest absolute Gasteiger partial charge is 0.0190 e. The second kappa shape index (κ2) is 5.23. The Labute approximate surface area is 82.9 Å². The average molecular weight is 181 g/mol. The van der Waals surface area contributed by atoms with Gasteiger partial charge in [0.25, 0.3) is 0 Å². The van der Waals surface area contributed by atoms with Crippen molar-refractivity contribution >= 4 is 0 Å². The largest absolute Gasteiger partial charge is 0.311 e. The first kappa shape index (κ1) is 12.4. The molecule has 0 radical (unpaired) electrons. The molecule has 0 fully saturated rings. The van der Waals surface area contributed by atoms with Crippen LogP contribution in [0.5, 0.6) is 0 Å². The summed E-state index contributed by atoms with van der Waals surface area (Å²) < 4.78 is 0. The monoisotopic (exact) mass is 181 g/mol. The number of hydrogen-bond donors (Lipinski definition) is 1. The van der Waals surface area contributed by atoms with E-state index in [4.69, 9.17) is 0 Å². The maximum atomic E-state index is 4.07. The predicted molar refractivity (Wildman–Crippen MR) is 60.9 cm³/mol. The van der Waals surface area contributed by atoms with Crippen molar-refractivity contribution in [3.8, 4) is 0 Å². The van der Waals surface area contributed by atoms with Crippen LogP contribution < -0.4 is 5.32 Å². The number of nitrogens with one attached hydrogen (secondary N) is 1. The molecule has 0 amide bonds. The Morgan fingerprint density at radius 3 is 2.46 bits per heavy atom. The van der Waals surface area contributed by atoms with Gasteiger partial charge >= 0.3 is 0 Å². The van der Waals surface area contributed by atoms with Crippen molar-refractivity contribution in [2.75, 3.05) is 6.54 Å². The molecule has 0 aliphatic rings. The highest BCUT2D eigenvalue weighted by atomic mass is 15.0. The van der Waals surface area contributed by atoms with E-state index in [-0.39, 0.29) is 5.54 Å². The van der Waals surface area contributed by atoms with E-state index >= 15 is 0 Å². The first-order chi connectivity index (χ1) is 5.95. The third kappa shape index (κ3) is 3.77. The standard InChI is InChI=1S/C12H23N/c1-7-9-10(3)11(4)12(5,6)13-8-2/h7,9,11,13H,3,8H2,1-2,4-6H3/b9-7-. The summed E-state index contributed by atoms with van der Waals surface area (Å²) in [5.74, 6) is 0.462. The lowest BCUT2D eigenvalue weighted by atomic mass is 9.83. The van der Waals surface area contributed by atoms with Crippen molar-refractivity contribution in [3.63, 3.8) is 0 Å². The zero-order chi connectivity index (χ0) is 10.5. The van der Waals surface area contributed by atoms with Crippen LogP contribution in [0.3, 0.4) is 0 Å². The van der Waals surface area contributed by atoms with Crippen LogP contribution in [0.25, 0.3) is 0 Å². The topological polar surface area (TPSA) is 12.0 Å². The summed E-state index contributed by atoms with van der Waals surface area (Å²) in [7, 11) is 0. The van der Waals surface area contributed by atoms with Gasteiger partial charge in [0.05, 0.1) is 0 Å². The Kier molecular flexibility index (Phi) is 5.01. The summed E-state index contributed by atoms with van der Waals surface area (Å²) in [6, 6.07) is 0. The summed E-state index contributed by atoms with van der Waals surface area (Å²) in [6.45, 7) is 15.9. The zero-order valence-electron chi connectivity index (χ0n) is 9.65. The number of allylic oxidation sites excluding steroid dienone is 2. The molecule has 1 atom stereocenters. The van der Waals surface area contributed by atoms with Crippen LogP contribution in [-0.4, -0.2) is 12.1 Å². The van der Waals surface area contributed by atoms with Gasteiger partial charge in [-0.1, -0.05) is 38.2 Å². The predicted octanol–water partition coefficient (Wildman–Crippen LogP) is 3.14. The van der Waals surface area contributed by atoms with Crippen molar-refractivity contribution in [1.82, 2.24) is 5.32 Å². The van der Waals surface area contributed by atoms with Crippen molar-refractivity contribution in [2.45, 2.75) is 40.2 Å². The summed E-state index contributed by atoms with van der Waals surface area (Å²) in [5.41, 5.74) is 1.32. The number of rotatable bonds is 5. The molecule has 0 aliphatic heterocycles. The van der Waals surface area contributed by atoms with Crippen molar-refractivity contribution in [3.05, 3.63) is 24.3 Å². The molecule has 0 spiro atoms. The fourth-order valence-corrected chi connectivity index (χ4v) is 1.43. The van der Waals surface area contributed by atoms with Gasteiger partial charge in [0, 0.05) is 5.54 Å². The SMILES string of the molecule is C=C(/C=C\C)C(C)C(C)(C)NCC. The van der Waals surface area contributed by atoms with Crippen LogP contribution in [0, 0.1) is 5.92 Å². The van der Waals surface area contributed by atoms with E-state index in [0.717, 1.165) is 6.54 Å². The number of hydrogen-bond acceptors (Lipinski definition) is 1. The first-order valence-electron chi connectivity index (χ1n) is 5.02. The van der Waals surface area contributed by atoms with Crippen LogP contribution >= 0.6 is 0 Å². The summed E-state index contributed by atoms with van der Waals surface area (Å²) in [5, 5.41) is 3.47. The van der Waals surface area contributed by atoms with Crippen molar-refractivity contribution in [2.24, 2.45) is 5.92 Å². The van der Waals surface area contributed by atoms with Crippen LogP contribution in [0.1, 0.15) is 34.6 Å². The molecule has 0 heterocycles. The van der Waals surface area contributed by atoms with Gasteiger partial charge in [0.15, 0.2) is 0 Å². The highest BCUT2D eigenvalue weighted by Crippen LogP contribution is 2.23. The van der Waals surface area contributed by atoms with Crippen LogP contribution in [-0.2, 0) is 0 Å². The third-order valence-corrected chi connectivity index (χ3v) is 2.65. The summed E-state index contributed by atoms with van der Waals surface area (Å²) in [6.07, 6.45) is 4.13. The second-order valence-electron chi connectivity index (χ2n) is 4.05. The lowest BCUT2D eigenvalue weighted by Gasteiger charge is -2.33. The molecule has 1 N–H and O–H groups in total. The van der Waals surface area contributed by atoms with Gasteiger partial charge in [-0.25, -0.2) is 0 Å². The molecule has 1 heteroatoms. The van der Waals surface area contributed by atoms with Gasteiger partial charge in [-0.05, 0) is 33.2 Å².